The fourth-order valence-electron chi connectivity index (χ4n) is 2.55. The summed E-state index contributed by atoms with van der Waals surface area (Å²) >= 11 is 5.92. The van der Waals surface area contributed by atoms with E-state index in [2.05, 4.69) is 12.2 Å². The average Bonchev–Trinajstić information content (AvgIpc) is 2.64. The van der Waals surface area contributed by atoms with Crippen molar-refractivity contribution in [2.45, 2.75) is 38.0 Å². The molecule has 1 amide bonds. The predicted molar refractivity (Wildman–Crippen MR) is 110 cm³/mol. The van der Waals surface area contributed by atoms with Gasteiger partial charge < -0.3 is 5.32 Å². The van der Waals surface area contributed by atoms with E-state index in [0.29, 0.717) is 17.3 Å². The smallest absolute Gasteiger partial charge is 0.264 e. The van der Waals surface area contributed by atoms with Gasteiger partial charge in [0.1, 0.15) is 6.54 Å². The Morgan fingerprint density at radius 1 is 1.04 bits per heavy atom. The Labute approximate surface area is 166 Å². The Bertz CT molecular complexity index is 850. The van der Waals surface area contributed by atoms with Gasteiger partial charge in [-0.05, 0) is 49.7 Å². The van der Waals surface area contributed by atoms with Crippen LogP contribution in [0, 0.1) is 6.92 Å². The van der Waals surface area contributed by atoms with Gasteiger partial charge in [-0.25, -0.2) is 8.42 Å². The number of hydrogen-bond donors (Lipinski definition) is 1. The largest absolute Gasteiger partial charge is 0.355 e. The zero-order valence-corrected chi connectivity index (χ0v) is 17.2. The van der Waals surface area contributed by atoms with E-state index in [-0.39, 0.29) is 17.3 Å². The maximum absolute atomic E-state index is 13.2. The van der Waals surface area contributed by atoms with E-state index in [9.17, 15) is 13.2 Å². The van der Waals surface area contributed by atoms with Crippen molar-refractivity contribution in [3.8, 4) is 0 Å². The SMILES string of the molecule is CCCCCNC(=O)CN(c1ccc(Cl)cc1)S(=O)(=O)c1ccc(C)cc1. The van der Waals surface area contributed by atoms with Crippen molar-refractivity contribution in [3.05, 3.63) is 59.1 Å². The highest BCUT2D eigenvalue weighted by atomic mass is 35.5. The number of nitrogens with zero attached hydrogens (tertiary/aromatic N) is 1. The van der Waals surface area contributed by atoms with E-state index in [0.717, 1.165) is 29.1 Å². The molecule has 0 aromatic heterocycles. The zero-order chi connectivity index (χ0) is 19.9. The minimum absolute atomic E-state index is 0.141. The normalized spacial score (nSPS) is 11.2. The number of anilines is 1. The van der Waals surface area contributed by atoms with Crippen LogP contribution >= 0.6 is 11.6 Å². The Morgan fingerprint density at radius 2 is 1.67 bits per heavy atom. The predicted octanol–water partition coefficient (Wildman–Crippen LogP) is 4.15. The summed E-state index contributed by atoms with van der Waals surface area (Å²) in [7, 11) is -3.88. The Kier molecular flexibility index (Phi) is 7.68. The van der Waals surface area contributed by atoms with Gasteiger partial charge in [-0.2, -0.15) is 0 Å². The molecule has 2 aromatic carbocycles. The lowest BCUT2D eigenvalue weighted by Gasteiger charge is -2.24. The molecule has 2 rings (SSSR count). The van der Waals surface area contributed by atoms with Crippen LogP contribution in [0.3, 0.4) is 0 Å². The number of aryl methyl sites for hydroxylation is 1. The van der Waals surface area contributed by atoms with E-state index in [4.69, 9.17) is 11.6 Å². The number of halogens is 1. The number of rotatable bonds is 9. The molecule has 0 atom stereocenters. The third-order valence-corrected chi connectivity index (χ3v) is 6.15. The summed E-state index contributed by atoms with van der Waals surface area (Å²) in [6, 6.07) is 13.0. The van der Waals surface area contributed by atoms with Gasteiger partial charge in [0.2, 0.25) is 5.91 Å². The summed E-state index contributed by atoms with van der Waals surface area (Å²) in [5, 5.41) is 3.29. The fraction of sp³-hybridized carbons (Fsp3) is 0.350. The number of amides is 1. The van der Waals surface area contributed by atoms with Crippen LogP contribution in [0.1, 0.15) is 31.7 Å². The van der Waals surface area contributed by atoms with E-state index >= 15 is 0 Å². The van der Waals surface area contributed by atoms with Gasteiger partial charge in [0, 0.05) is 11.6 Å². The van der Waals surface area contributed by atoms with Crippen LogP contribution in [0.5, 0.6) is 0 Å². The standard InChI is InChI=1S/C20H25ClN2O3S/c1-3-4-5-14-22-20(24)15-23(18-10-8-17(21)9-11-18)27(25,26)19-12-6-16(2)7-13-19/h6-13H,3-5,14-15H2,1-2H3,(H,22,24). The topological polar surface area (TPSA) is 66.5 Å². The molecule has 5 nitrogen and oxygen atoms in total. The highest BCUT2D eigenvalue weighted by molar-refractivity contribution is 7.92. The summed E-state index contributed by atoms with van der Waals surface area (Å²) in [4.78, 5) is 12.5. The van der Waals surface area contributed by atoms with Crippen LogP contribution in [0.15, 0.2) is 53.4 Å². The Balaban J connectivity index is 2.28. The number of unbranched alkanes of at least 4 members (excludes halogenated alkanes) is 2. The zero-order valence-electron chi connectivity index (χ0n) is 15.6. The average molecular weight is 409 g/mol. The highest BCUT2D eigenvalue weighted by Crippen LogP contribution is 2.25. The van der Waals surface area contributed by atoms with Gasteiger partial charge in [0.15, 0.2) is 0 Å². The number of carbonyl (C=O) groups is 1. The Hall–Kier alpha value is -2.05. The summed E-state index contributed by atoms with van der Waals surface area (Å²) in [6.45, 7) is 4.21. The minimum Gasteiger partial charge on any atom is -0.355 e. The minimum atomic E-state index is -3.88. The molecule has 0 radical (unpaired) electrons. The summed E-state index contributed by atoms with van der Waals surface area (Å²) in [5.41, 5.74) is 1.35. The fourth-order valence-corrected chi connectivity index (χ4v) is 4.10. The molecule has 2 aromatic rings. The molecule has 146 valence electrons. The van der Waals surface area contributed by atoms with Crippen LogP contribution in [-0.2, 0) is 14.8 Å². The third-order valence-electron chi connectivity index (χ3n) is 4.11. The highest BCUT2D eigenvalue weighted by Gasteiger charge is 2.27. The number of nitrogens with one attached hydrogen (secondary N) is 1. The van der Waals surface area contributed by atoms with Crippen molar-refractivity contribution in [3.63, 3.8) is 0 Å². The molecule has 27 heavy (non-hydrogen) atoms. The van der Waals surface area contributed by atoms with Crippen LogP contribution in [0.25, 0.3) is 0 Å². The lowest BCUT2D eigenvalue weighted by molar-refractivity contribution is -0.119. The van der Waals surface area contributed by atoms with Crippen LogP contribution in [0.4, 0.5) is 5.69 Å². The maximum atomic E-state index is 13.2. The van der Waals surface area contributed by atoms with Crippen LogP contribution < -0.4 is 9.62 Å². The van der Waals surface area contributed by atoms with Crippen LogP contribution in [0.2, 0.25) is 5.02 Å². The molecule has 0 heterocycles. The van der Waals surface area contributed by atoms with Crippen molar-refractivity contribution in [2.75, 3.05) is 17.4 Å². The number of hydrogen-bond acceptors (Lipinski definition) is 3. The number of benzene rings is 2. The Morgan fingerprint density at radius 3 is 2.26 bits per heavy atom. The molecule has 0 saturated carbocycles. The van der Waals surface area contributed by atoms with Gasteiger partial charge in [-0.1, -0.05) is 49.1 Å². The molecular weight excluding hydrogens is 384 g/mol. The first-order valence-electron chi connectivity index (χ1n) is 8.96. The van der Waals surface area contributed by atoms with E-state index in [1.54, 1.807) is 48.5 Å². The van der Waals surface area contributed by atoms with E-state index in [1.807, 2.05) is 6.92 Å². The second-order valence-electron chi connectivity index (χ2n) is 6.36. The second-order valence-corrected chi connectivity index (χ2v) is 8.66. The molecule has 7 heteroatoms. The second kappa shape index (κ2) is 9.76. The number of sulfonamides is 1. The lowest BCUT2D eigenvalue weighted by atomic mass is 10.2. The molecule has 0 spiro atoms. The van der Waals surface area contributed by atoms with Crippen molar-refractivity contribution in [1.29, 1.82) is 0 Å². The molecule has 0 unspecified atom stereocenters. The monoisotopic (exact) mass is 408 g/mol. The van der Waals surface area contributed by atoms with E-state index < -0.39 is 10.0 Å². The molecule has 0 aliphatic heterocycles. The van der Waals surface area contributed by atoms with Gasteiger partial charge >= 0.3 is 0 Å². The lowest BCUT2D eigenvalue weighted by Crippen LogP contribution is -2.41. The van der Waals surface area contributed by atoms with Crippen LogP contribution in [-0.4, -0.2) is 27.4 Å². The summed E-state index contributed by atoms with van der Waals surface area (Å²) in [5.74, 6) is -0.336. The molecular formula is C20H25ClN2O3S. The molecule has 0 aliphatic rings. The van der Waals surface area contributed by atoms with Gasteiger partial charge in [0.05, 0.1) is 10.6 Å². The molecule has 1 N–H and O–H groups in total. The first kappa shape index (κ1) is 21.3. The van der Waals surface area contributed by atoms with Crippen molar-refractivity contribution in [2.24, 2.45) is 0 Å². The third kappa shape index (κ3) is 5.97. The maximum Gasteiger partial charge on any atom is 0.264 e. The van der Waals surface area contributed by atoms with E-state index in [1.165, 1.54) is 0 Å². The van der Waals surface area contributed by atoms with Gasteiger partial charge in [-0.15, -0.1) is 0 Å². The first-order valence-corrected chi connectivity index (χ1v) is 10.8. The van der Waals surface area contributed by atoms with Gasteiger partial charge in [-0.3, -0.25) is 9.10 Å². The molecule has 0 aliphatic carbocycles. The molecule has 0 saturated heterocycles. The molecule has 0 fully saturated rings. The first-order chi connectivity index (χ1) is 12.8. The summed E-state index contributed by atoms with van der Waals surface area (Å²) in [6.07, 6.45) is 2.94. The van der Waals surface area contributed by atoms with Gasteiger partial charge in [0.25, 0.3) is 10.0 Å². The van der Waals surface area contributed by atoms with Crippen molar-refractivity contribution < 1.29 is 13.2 Å². The molecule has 0 bridgehead atoms. The number of carbonyl (C=O) groups excluding carboxylic acids is 1. The van der Waals surface area contributed by atoms with Crippen molar-refractivity contribution in [1.82, 2.24) is 5.32 Å². The van der Waals surface area contributed by atoms with Crippen molar-refractivity contribution >= 4 is 33.2 Å². The summed E-state index contributed by atoms with van der Waals surface area (Å²) < 4.78 is 27.4. The quantitative estimate of drug-likeness (QED) is 0.634.